The number of morpholine rings is 1. The molecule has 1 aliphatic rings. The molecule has 2 atom stereocenters. The quantitative estimate of drug-likeness (QED) is 0.610. The average Bonchev–Trinajstić information content (AvgIpc) is 2.52. The molecule has 1 aliphatic heterocycles. The number of hydrogen-bond acceptors (Lipinski definition) is 4. The zero-order chi connectivity index (χ0) is 17.2. The first kappa shape index (κ1) is 19.7. The lowest BCUT2D eigenvalue weighted by Gasteiger charge is -2.33. The maximum atomic E-state index is 12.1. The van der Waals surface area contributed by atoms with Crippen LogP contribution in [0.4, 0.5) is 4.79 Å². The number of ether oxygens (including phenoxy) is 2. The number of carbonyl (C=O) groups is 2. The highest BCUT2D eigenvalue weighted by molar-refractivity contribution is 5.67. The largest absolute Gasteiger partial charge is 0.449 e. The molecule has 2 amide bonds. The summed E-state index contributed by atoms with van der Waals surface area (Å²) in [7, 11) is 1.78. The summed E-state index contributed by atoms with van der Waals surface area (Å²) in [4.78, 5) is 26.1. The molecule has 1 saturated heterocycles. The summed E-state index contributed by atoms with van der Waals surface area (Å²) in [6, 6.07) is 0. The van der Waals surface area contributed by atoms with Crippen molar-refractivity contribution in [2.24, 2.45) is 11.8 Å². The van der Waals surface area contributed by atoms with Gasteiger partial charge in [-0.3, -0.25) is 4.79 Å². The van der Waals surface area contributed by atoms with Crippen molar-refractivity contribution >= 4 is 12.5 Å². The van der Waals surface area contributed by atoms with Crippen LogP contribution in [-0.2, 0) is 14.3 Å². The van der Waals surface area contributed by atoms with Gasteiger partial charge in [0, 0.05) is 20.1 Å². The third-order valence-electron chi connectivity index (χ3n) is 4.14. The SMILES string of the molecule is CC(C)CCOC(=O)N1CCOC(C[C@H](C)CCN(C)C=O)C1. The first-order chi connectivity index (χ1) is 10.9. The van der Waals surface area contributed by atoms with Crippen LogP contribution < -0.4 is 0 Å². The molecular formula is C17H32N2O4. The van der Waals surface area contributed by atoms with E-state index in [2.05, 4.69) is 20.8 Å². The van der Waals surface area contributed by atoms with Crippen molar-refractivity contribution in [3.8, 4) is 0 Å². The smallest absolute Gasteiger partial charge is 0.409 e. The zero-order valence-electron chi connectivity index (χ0n) is 15.0. The second kappa shape index (κ2) is 10.5. The van der Waals surface area contributed by atoms with Gasteiger partial charge in [0.15, 0.2) is 0 Å². The van der Waals surface area contributed by atoms with E-state index in [-0.39, 0.29) is 12.2 Å². The molecule has 0 spiro atoms. The van der Waals surface area contributed by atoms with Crippen molar-refractivity contribution < 1.29 is 19.1 Å². The lowest BCUT2D eigenvalue weighted by molar-refractivity contribution is -0.117. The molecule has 0 bridgehead atoms. The Hall–Kier alpha value is -1.30. The molecule has 0 saturated carbocycles. The number of carbonyl (C=O) groups excluding carboxylic acids is 2. The minimum atomic E-state index is -0.229. The third-order valence-corrected chi connectivity index (χ3v) is 4.14. The van der Waals surface area contributed by atoms with Gasteiger partial charge in [-0.15, -0.1) is 0 Å². The Balaban J connectivity index is 2.30. The van der Waals surface area contributed by atoms with Crippen LogP contribution in [0.3, 0.4) is 0 Å². The Morgan fingerprint density at radius 1 is 1.39 bits per heavy atom. The molecule has 0 N–H and O–H groups in total. The molecule has 6 nitrogen and oxygen atoms in total. The Morgan fingerprint density at radius 2 is 2.13 bits per heavy atom. The van der Waals surface area contributed by atoms with E-state index >= 15 is 0 Å². The fourth-order valence-corrected chi connectivity index (χ4v) is 2.54. The fraction of sp³-hybridized carbons (Fsp3) is 0.882. The summed E-state index contributed by atoms with van der Waals surface area (Å²) >= 11 is 0. The van der Waals surface area contributed by atoms with Crippen molar-refractivity contribution in [3.63, 3.8) is 0 Å². The van der Waals surface area contributed by atoms with Crippen molar-refractivity contribution in [3.05, 3.63) is 0 Å². The topological polar surface area (TPSA) is 59.1 Å². The van der Waals surface area contributed by atoms with Gasteiger partial charge in [-0.1, -0.05) is 20.8 Å². The van der Waals surface area contributed by atoms with Crippen LogP contribution in [0.2, 0.25) is 0 Å². The molecule has 0 aliphatic carbocycles. The van der Waals surface area contributed by atoms with E-state index in [0.29, 0.717) is 38.1 Å². The summed E-state index contributed by atoms with van der Waals surface area (Å²) < 4.78 is 11.1. The average molecular weight is 328 g/mol. The molecule has 134 valence electrons. The summed E-state index contributed by atoms with van der Waals surface area (Å²) in [6.07, 6.45) is 3.39. The molecule has 0 aromatic carbocycles. The highest BCUT2D eigenvalue weighted by atomic mass is 16.6. The highest BCUT2D eigenvalue weighted by Gasteiger charge is 2.26. The predicted octanol–water partition coefficient (Wildman–Crippen LogP) is 2.37. The number of rotatable bonds is 9. The fourth-order valence-electron chi connectivity index (χ4n) is 2.54. The number of amides is 2. The second-order valence-corrected chi connectivity index (χ2v) is 6.95. The molecule has 0 radical (unpaired) electrons. The van der Waals surface area contributed by atoms with Gasteiger partial charge in [-0.2, -0.15) is 0 Å². The van der Waals surface area contributed by atoms with E-state index in [1.54, 1.807) is 16.8 Å². The second-order valence-electron chi connectivity index (χ2n) is 6.95. The summed E-state index contributed by atoms with van der Waals surface area (Å²) in [5.41, 5.74) is 0. The minimum Gasteiger partial charge on any atom is -0.449 e. The monoisotopic (exact) mass is 328 g/mol. The third kappa shape index (κ3) is 8.21. The minimum absolute atomic E-state index is 0.0536. The molecule has 1 rings (SSSR count). The van der Waals surface area contributed by atoms with Gasteiger partial charge in [0.05, 0.1) is 25.9 Å². The van der Waals surface area contributed by atoms with E-state index < -0.39 is 0 Å². The van der Waals surface area contributed by atoms with Crippen LogP contribution in [0, 0.1) is 11.8 Å². The molecule has 23 heavy (non-hydrogen) atoms. The Kier molecular flexibility index (Phi) is 8.99. The molecule has 6 heteroatoms. The van der Waals surface area contributed by atoms with Crippen LogP contribution in [0.15, 0.2) is 0 Å². The first-order valence-corrected chi connectivity index (χ1v) is 8.61. The van der Waals surface area contributed by atoms with Crippen molar-refractivity contribution in [2.75, 3.05) is 39.9 Å². The first-order valence-electron chi connectivity index (χ1n) is 8.61. The van der Waals surface area contributed by atoms with Gasteiger partial charge in [-0.05, 0) is 31.1 Å². The van der Waals surface area contributed by atoms with E-state index in [9.17, 15) is 9.59 Å². The van der Waals surface area contributed by atoms with Gasteiger partial charge >= 0.3 is 6.09 Å². The lowest BCUT2D eigenvalue weighted by atomic mass is 9.99. The maximum Gasteiger partial charge on any atom is 0.409 e. The van der Waals surface area contributed by atoms with E-state index in [1.807, 2.05) is 0 Å². The van der Waals surface area contributed by atoms with Crippen LogP contribution in [0.1, 0.15) is 40.0 Å². The van der Waals surface area contributed by atoms with E-state index in [4.69, 9.17) is 9.47 Å². The summed E-state index contributed by atoms with van der Waals surface area (Å²) in [5.74, 6) is 0.977. The van der Waals surface area contributed by atoms with Crippen LogP contribution >= 0.6 is 0 Å². The van der Waals surface area contributed by atoms with Crippen molar-refractivity contribution in [1.29, 1.82) is 0 Å². The lowest BCUT2D eigenvalue weighted by Crippen LogP contribution is -2.46. The van der Waals surface area contributed by atoms with Crippen molar-refractivity contribution in [1.82, 2.24) is 9.80 Å². The van der Waals surface area contributed by atoms with Gasteiger partial charge < -0.3 is 19.3 Å². The molecule has 1 unspecified atom stereocenters. The van der Waals surface area contributed by atoms with Gasteiger partial charge in [0.25, 0.3) is 0 Å². The molecule has 0 aromatic heterocycles. The summed E-state index contributed by atoms with van der Waals surface area (Å²) in [6.45, 7) is 9.36. The molecule has 1 heterocycles. The number of hydrogen-bond donors (Lipinski definition) is 0. The Bertz CT molecular complexity index is 363. The van der Waals surface area contributed by atoms with Gasteiger partial charge in [0.1, 0.15) is 0 Å². The van der Waals surface area contributed by atoms with Crippen molar-refractivity contribution in [2.45, 2.75) is 46.1 Å². The maximum absolute atomic E-state index is 12.1. The van der Waals surface area contributed by atoms with Crippen LogP contribution in [0.5, 0.6) is 0 Å². The predicted molar refractivity (Wildman–Crippen MR) is 89.2 cm³/mol. The molecular weight excluding hydrogens is 296 g/mol. The zero-order valence-corrected chi connectivity index (χ0v) is 15.0. The highest BCUT2D eigenvalue weighted by Crippen LogP contribution is 2.17. The molecule has 1 fully saturated rings. The van der Waals surface area contributed by atoms with E-state index in [0.717, 1.165) is 32.2 Å². The molecule has 0 aromatic rings. The summed E-state index contributed by atoms with van der Waals surface area (Å²) in [5, 5.41) is 0. The van der Waals surface area contributed by atoms with E-state index in [1.165, 1.54) is 0 Å². The van der Waals surface area contributed by atoms with Crippen LogP contribution in [0.25, 0.3) is 0 Å². The van der Waals surface area contributed by atoms with Gasteiger partial charge in [0.2, 0.25) is 6.41 Å². The number of nitrogens with zero attached hydrogens (tertiary/aromatic N) is 2. The Morgan fingerprint density at radius 3 is 2.78 bits per heavy atom. The Labute approximate surface area is 140 Å². The van der Waals surface area contributed by atoms with Crippen LogP contribution in [-0.4, -0.2) is 68.3 Å². The van der Waals surface area contributed by atoms with Gasteiger partial charge in [-0.25, -0.2) is 4.79 Å². The normalized spacial score (nSPS) is 19.5. The standard InChI is InChI=1S/C17H32N2O4/c1-14(2)6-9-23-17(21)19-8-10-22-16(12-19)11-15(3)5-7-18(4)13-20/h13-16H,5-12H2,1-4H3/t15-,16?/m1/s1.